The molecule has 0 radical (unpaired) electrons. The number of hydrogen-bond donors (Lipinski definition) is 0. The van der Waals surface area contributed by atoms with Crippen molar-refractivity contribution in [3.8, 4) is 0 Å². The van der Waals surface area contributed by atoms with Gasteiger partial charge in [0.05, 0.1) is 0 Å². The van der Waals surface area contributed by atoms with Crippen molar-refractivity contribution in [3.05, 3.63) is 11.6 Å². The molecule has 0 amide bonds. The molecule has 2 aliphatic rings. The fourth-order valence-corrected chi connectivity index (χ4v) is 3.37. The number of rotatable bonds is 1. The maximum atomic E-state index is 11.9. The van der Waals surface area contributed by atoms with E-state index in [-0.39, 0.29) is 0 Å². The molecule has 0 saturated heterocycles. The van der Waals surface area contributed by atoms with Crippen LogP contribution >= 0.6 is 0 Å². The van der Waals surface area contributed by atoms with Gasteiger partial charge in [0, 0.05) is 12.3 Å². The minimum absolute atomic E-state index is 0.356. The van der Waals surface area contributed by atoms with Crippen molar-refractivity contribution >= 4 is 5.78 Å². The molecule has 1 saturated carbocycles. The lowest BCUT2D eigenvalue weighted by molar-refractivity contribution is -0.128. The van der Waals surface area contributed by atoms with Crippen LogP contribution in [0.4, 0.5) is 0 Å². The van der Waals surface area contributed by atoms with E-state index in [1.54, 1.807) is 0 Å². The summed E-state index contributed by atoms with van der Waals surface area (Å²) in [6.45, 7) is 6.82. The SMILES string of the molecule is CC1=C[C@@H]2[C@@H](C(C)C)CCC(=O)[C@@H]2CC1. The van der Waals surface area contributed by atoms with Crippen LogP contribution in [0, 0.1) is 23.7 Å². The lowest BCUT2D eigenvalue weighted by Crippen LogP contribution is -2.38. The molecule has 0 aromatic carbocycles. The number of carbonyl (C=O) groups excluding carboxylic acids is 1. The highest BCUT2D eigenvalue weighted by atomic mass is 16.1. The number of fused-ring (bicyclic) bond motifs is 1. The van der Waals surface area contributed by atoms with Crippen LogP contribution in [0.25, 0.3) is 0 Å². The van der Waals surface area contributed by atoms with Crippen molar-refractivity contribution in [1.82, 2.24) is 0 Å². The molecule has 0 aliphatic heterocycles. The van der Waals surface area contributed by atoms with Gasteiger partial charge in [0.25, 0.3) is 0 Å². The van der Waals surface area contributed by atoms with Crippen LogP contribution in [-0.2, 0) is 4.79 Å². The number of hydrogen-bond acceptors (Lipinski definition) is 1. The van der Waals surface area contributed by atoms with Gasteiger partial charge >= 0.3 is 0 Å². The number of allylic oxidation sites excluding steroid dienone is 2. The third-order valence-electron chi connectivity index (χ3n) is 4.28. The summed E-state index contributed by atoms with van der Waals surface area (Å²) in [5, 5.41) is 0. The molecule has 1 nitrogen and oxygen atoms in total. The van der Waals surface area contributed by atoms with Crippen LogP contribution in [-0.4, -0.2) is 5.78 Å². The highest BCUT2D eigenvalue weighted by Crippen LogP contribution is 2.43. The fourth-order valence-electron chi connectivity index (χ4n) is 3.37. The predicted octanol–water partition coefficient (Wildman–Crippen LogP) is 3.59. The molecule has 0 bridgehead atoms. The van der Waals surface area contributed by atoms with E-state index < -0.39 is 0 Å². The molecule has 0 unspecified atom stereocenters. The Morgan fingerprint density at radius 2 is 2.00 bits per heavy atom. The monoisotopic (exact) mass is 206 g/mol. The Bertz CT molecular complexity index is 288. The summed E-state index contributed by atoms with van der Waals surface area (Å²) in [6.07, 6.45) is 6.58. The third-order valence-corrected chi connectivity index (χ3v) is 4.28. The molecule has 0 spiro atoms. The summed E-state index contributed by atoms with van der Waals surface area (Å²) in [6, 6.07) is 0. The van der Waals surface area contributed by atoms with E-state index in [0.29, 0.717) is 23.5 Å². The number of carbonyl (C=O) groups is 1. The first kappa shape index (κ1) is 10.9. The van der Waals surface area contributed by atoms with Gasteiger partial charge in [-0.1, -0.05) is 25.5 Å². The highest BCUT2D eigenvalue weighted by Gasteiger charge is 2.39. The molecule has 1 fully saturated rings. The Balaban J connectivity index is 2.24. The maximum Gasteiger partial charge on any atom is 0.136 e. The fraction of sp³-hybridized carbons (Fsp3) is 0.786. The lowest BCUT2D eigenvalue weighted by Gasteiger charge is -2.40. The van der Waals surface area contributed by atoms with E-state index >= 15 is 0 Å². The van der Waals surface area contributed by atoms with Crippen molar-refractivity contribution in [1.29, 1.82) is 0 Å². The van der Waals surface area contributed by atoms with Gasteiger partial charge in [-0.25, -0.2) is 0 Å². The second kappa shape index (κ2) is 4.11. The van der Waals surface area contributed by atoms with Crippen molar-refractivity contribution in [2.24, 2.45) is 23.7 Å². The average Bonchev–Trinajstić information content (AvgIpc) is 2.17. The third kappa shape index (κ3) is 2.02. The van der Waals surface area contributed by atoms with Gasteiger partial charge in [-0.3, -0.25) is 4.79 Å². The highest BCUT2D eigenvalue weighted by molar-refractivity contribution is 5.82. The van der Waals surface area contributed by atoms with Crippen molar-refractivity contribution in [2.45, 2.75) is 46.5 Å². The second-order valence-corrected chi connectivity index (χ2v) is 5.65. The van der Waals surface area contributed by atoms with Gasteiger partial charge in [0.2, 0.25) is 0 Å². The molecule has 0 heterocycles. The van der Waals surface area contributed by atoms with E-state index in [9.17, 15) is 4.79 Å². The summed E-state index contributed by atoms with van der Waals surface area (Å²) in [5.74, 6) is 2.89. The molecule has 2 aliphatic carbocycles. The number of Topliss-reactive ketones (excluding diaryl/α,β-unsaturated/α-hetero) is 1. The Hall–Kier alpha value is -0.590. The summed E-state index contributed by atoms with van der Waals surface area (Å²) >= 11 is 0. The Kier molecular flexibility index (Phi) is 2.99. The summed E-state index contributed by atoms with van der Waals surface area (Å²) in [5.41, 5.74) is 1.50. The molecule has 0 aromatic rings. The molecule has 0 aromatic heterocycles. The van der Waals surface area contributed by atoms with Crippen molar-refractivity contribution in [2.75, 3.05) is 0 Å². The molecule has 84 valence electrons. The molecule has 0 N–H and O–H groups in total. The molecular formula is C14H22O. The van der Waals surface area contributed by atoms with Gasteiger partial charge in [-0.15, -0.1) is 0 Å². The Morgan fingerprint density at radius 3 is 2.67 bits per heavy atom. The molecular weight excluding hydrogens is 184 g/mol. The number of ketones is 1. The van der Waals surface area contributed by atoms with Gasteiger partial charge in [-0.05, 0) is 43.9 Å². The quantitative estimate of drug-likeness (QED) is 0.599. The summed E-state index contributed by atoms with van der Waals surface area (Å²) in [7, 11) is 0. The largest absolute Gasteiger partial charge is 0.299 e. The first-order valence-corrected chi connectivity index (χ1v) is 6.29. The van der Waals surface area contributed by atoms with E-state index in [2.05, 4.69) is 26.8 Å². The Morgan fingerprint density at radius 1 is 1.27 bits per heavy atom. The van der Waals surface area contributed by atoms with E-state index in [1.807, 2.05) is 0 Å². The van der Waals surface area contributed by atoms with E-state index in [4.69, 9.17) is 0 Å². The topological polar surface area (TPSA) is 17.1 Å². The predicted molar refractivity (Wildman–Crippen MR) is 62.5 cm³/mol. The Labute approximate surface area is 92.9 Å². The van der Waals surface area contributed by atoms with Crippen LogP contribution in [0.5, 0.6) is 0 Å². The van der Waals surface area contributed by atoms with Gasteiger partial charge < -0.3 is 0 Å². The lowest BCUT2D eigenvalue weighted by atomic mass is 9.63. The summed E-state index contributed by atoms with van der Waals surface area (Å²) < 4.78 is 0. The first-order chi connectivity index (χ1) is 7.09. The first-order valence-electron chi connectivity index (χ1n) is 6.29. The van der Waals surface area contributed by atoms with E-state index in [1.165, 1.54) is 5.57 Å². The van der Waals surface area contributed by atoms with Gasteiger partial charge in [0.1, 0.15) is 5.78 Å². The zero-order chi connectivity index (χ0) is 11.0. The van der Waals surface area contributed by atoms with E-state index in [0.717, 1.165) is 31.6 Å². The normalized spacial score (nSPS) is 36.4. The standard InChI is InChI=1S/C14H22O/c1-9(2)11-6-7-14(15)12-5-4-10(3)8-13(11)12/h8-9,11-13H,4-7H2,1-3H3/t11-,12-,13-/m1/s1. The van der Waals surface area contributed by atoms with Crippen molar-refractivity contribution in [3.63, 3.8) is 0 Å². The smallest absolute Gasteiger partial charge is 0.136 e. The molecule has 1 heteroatoms. The van der Waals surface area contributed by atoms with Crippen LogP contribution < -0.4 is 0 Å². The maximum absolute atomic E-state index is 11.9. The minimum Gasteiger partial charge on any atom is -0.299 e. The second-order valence-electron chi connectivity index (χ2n) is 5.65. The van der Waals surface area contributed by atoms with Crippen LogP contribution in [0.1, 0.15) is 46.5 Å². The zero-order valence-corrected chi connectivity index (χ0v) is 10.1. The van der Waals surface area contributed by atoms with Crippen LogP contribution in [0.3, 0.4) is 0 Å². The van der Waals surface area contributed by atoms with Gasteiger partial charge in [0.15, 0.2) is 0 Å². The molecule has 15 heavy (non-hydrogen) atoms. The average molecular weight is 206 g/mol. The molecule has 2 rings (SSSR count). The van der Waals surface area contributed by atoms with Crippen molar-refractivity contribution < 1.29 is 4.79 Å². The summed E-state index contributed by atoms with van der Waals surface area (Å²) in [4.78, 5) is 11.9. The van der Waals surface area contributed by atoms with Crippen LogP contribution in [0.15, 0.2) is 11.6 Å². The van der Waals surface area contributed by atoms with Crippen LogP contribution in [0.2, 0.25) is 0 Å². The van der Waals surface area contributed by atoms with Gasteiger partial charge in [-0.2, -0.15) is 0 Å². The zero-order valence-electron chi connectivity index (χ0n) is 10.1. The molecule has 3 atom stereocenters. The minimum atomic E-state index is 0.356.